The van der Waals surface area contributed by atoms with Gasteiger partial charge in [-0.2, -0.15) is 0 Å². The van der Waals surface area contributed by atoms with Crippen molar-refractivity contribution in [1.82, 2.24) is 10.2 Å². The topological polar surface area (TPSA) is 58.4 Å². The van der Waals surface area contributed by atoms with Crippen LogP contribution in [0.25, 0.3) is 0 Å². The molecule has 0 saturated heterocycles. The summed E-state index contributed by atoms with van der Waals surface area (Å²) in [6.45, 7) is 8.69. The van der Waals surface area contributed by atoms with Crippen molar-refractivity contribution in [1.29, 1.82) is 0 Å². The Morgan fingerprint density at radius 3 is 2.54 bits per heavy atom. The number of nitrogens with two attached hydrogens (primary N) is 1. The van der Waals surface area contributed by atoms with Crippen LogP contribution in [0.2, 0.25) is 0 Å². The van der Waals surface area contributed by atoms with E-state index in [4.69, 9.17) is 5.73 Å². The quantitative estimate of drug-likeness (QED) is 0.663. The number of amides is 2. The van der Waals surface area contributed by atoms with Gasteiger partial charge in [0.25, 0.3) is 0 Å². The first-order valence-corrected chi connectivity index (χ1v) is 4.88. The van der Waals surface area contributed by atoms with E-state index in [2.05, 4.69) is 5.32 Å². The Balaban J connectivity index is 3.94. The fourth-order valence-electron chi connectivity index (χ4n) is 1.07. The van der Waals surface area contributed by atoms with Crippen molar-refractivity contribution in [3.05, 3.63) is 0 Å². The molecule has 4 heteroatoms. The largest absolute Gasteiger partial charge is 0.338 e. The van der Waals surface area contributed by atoms with Crippen molar-refractivity contribution in [3.8, 4) is 0 Å². The average Bonchev–Trinajstić information content (AvgIpc) is 2.14. The molecule has 0 aliphatic rings. The molecular formula is C9H21N3O. The van der Waals surface area contributed by atoms with Gasteiger partial charge in [0.15, 0.2) is 0 Å². The molecule has 0 aromatic carbocycles. The summed E-state index contributed by atoms with van der Waals surface area (Å²) >= 11 is 0. The van der Waals surface area contributed by atoms with Gasteiger partial charge in [-0.1, -0.05) is 6.92 Å². The van der Waals surface area contributed by atoms with Gasteiger partial charge in [0.1, 0.15) is 0 Å². The molecular weight excluding hydrogens is 166 g/mol. The van der Waals surface area contributed by atoms with Crippen LogP contribution in [-0.4, -0.2) is 37.1 Å². The Bertz CT molecular complexity index is 150. The van der Waals surface area contributed by atoms with E-state index in [1.165, 1.54) is 0 Å². The fraction of sp³-hybridized carbons (Fsp3) is 0.889. The van der Waals surface area contributed by atoms with Gasteiger partial charge in [-0.15, -0.1) is 0 Å². The first kappa shape index (κ1) is 12.2. The van der Waals surface area contributed by atoms with Crippen molar-refractivity contribution >= 4 is 6.03 Å². The highest BCUT2D eigenvalue weighted by Gasteiger charge is 2.12. The van der Waals surface area contributed by atoms with Crippen LogP contribution in [0.5, 0.6) is 0 Å². The van der Waals surface area contributed by atoms with E-state index in [1.54, 1.807) is 4.90 Å². The summed E-state index contributed by atoms with van der Waals surface area (Å²) in [5.74, 6) is 0.363. The molecule has 0 fully saturated rings. The van der Waals surface area contributed by atoms with Gasteiger partial charge in [0.05, 0.1) is 0 Å². The van der Waals surface area contributed by atoms with Crippen LogP contribution in [0, 0.1) is 5.92 Å². The number of carbonyl (C=O) groups excluding carboxylic acids is 1. The van der Waals surface area contributed by atoms with Crippen molar-refractivity contribution in [2.24, 2.45) is 11.7 Å². The second kappa shape index (κ2) is 6.71. The summed E-state index contributed by atoms with van der Waals surface area (Å²) in [6.07, 6.45) is 0. The molecule has 0 radical (unpaired) electrons. The summed E-state index contributed by atoms with van der Waals surface area (Å²) in [7, 11) is 0. The van der Waals surface area contributed by atoms with Gasteiger partial charge in [0.2, 0.25) is 0 Å². The third kappa shape index (κ3) is 4.72. The van der Waals surface area contributed by atoms with E-state index < -0.39 is 0 Å². The van der Waals surface area contributed by atoms with Crippen LogP contribution in [0.1, 0.15) is 20.8 Å². The molecule has 78 valence electrons. The third-order valence-corrected chi connectivity index (χ3v) is 1.93. The lowest BCUT2D eigenvalue weighted by Crippen LogP contribution is -2.42. The maximum Gasteiger partial charge on any atom is 0.317 e. The van der Waals surface area contributed by atoms with Crippen LogP contribution < -0.4 is 11.1 Å². The highest BCUT2D eigenvalue weighted by molar-refractivity contribution is 5.74. The minimum atomic E-state index is 0.00491. The van der Waals surface area contributed by atoms with E-state index in [0.717, 1.165) is 13.1 Å². The first-order chi connectivity index (χ1) is 6.15. The number of rotatable bonds is 5. The molecule has 13 heavy (non-hydrogen) atoms. The maximum atomic E-state index is 11.4. The SMILES string of the molecule is CCNC(=O)N(CC)CC(C)CN. The summed E-state index contributed by atoms with van der Waals surface area (Å²) < 4.78 is 0. The lowest BCUT2D eigenvalue weighted by atomic mass is 10.2. The molecule has 0 aromatic rings. The predicted octanol–water partition coefficient (Wildman–Crippen LogP) is 0.633. The zero-order chi connectivity index (χ0) is 10.3. The Hall–Kier alpha value is -0.770. The molecule has 0 bridgehead atoms. The fourth-order valence-corrected chi connectivity index (χ4v) is 1.07. The van der Waals surface area contributed by atoms with Crippen molar-refractivity contribution < 1.29 is 4.79 Å². The number of carbonyl (C=O) groups is 1. The Morgan fingerprint density at radius 1 is 1.54 bits per heavy atom. The summed E-state index contributed by atoms with van der Waals surface area (Å²) in [4.78, 5) is 13.2. The molecule has 4 nitrogen and oxygen atoms in total. The molecule has 0 aliphatic heterocycles. The zero-order valence-corrected chi connectivity index (χ0v) is 8.84. The maximum absolute atomic E-state index is 11.4. The minimum Gasteiger partial charge on any atom is -0.338 e. The van der Waals surface area contributed by atoms with E-state index in [1.807, 2.05) is 20.8 Å². The average molecular weight is 187 g/mol. The van der Waals surface area contributed by atoms with Crippen LogP contribution in [0.4, 0.5) is 4.79 Å². The Morgan fingerprint density at radius 2 is 2.15 bits per heavy atom. The normalized spacial score (nSPS) is 12.3. The Kier molecular flexibility index (Phi) is 6.32. The summed E-state index contributed by atoms with van der Waals surface area (Å²) in [5, 5.41) is 2.77. The van der Waals surface area contributed by atoms with Gasteiger partial charge in [-0.3, -0.25) is 0 Å². The molecule has 0 spiro atoms. The molecule has 2 amide bonds. The van der Waals surface area contributed by atoms with E-state index in [0.29, 0.717) is 19.0 Å². The smallest absolute Gasteiger partial charge is 0.317 e. The molecule has 0 saturated carbocycles. The van der Waals surface area contributed by atoms with Crippen LogP contribution >= 0.6 is 0 Å². The first-order valence-electron chi connectivity index (χ1n) is 4.88. The predicted molar refractivity (Wildman–Crippen MR) is 54.5 cm³/mol. The third-order valence-electron chi connectivity index (χ3n) is 1.93. The number of nitrogens with one attached hydrogen (secondary N) is 1. The summed E-state index contributed by atoms with van der Waals surface area (Å²) in [5.41, 5.74) is 5.49. The van der Waals surface area contributed by atoms with Gasteiger partial charge >= 0.3 is 6.03 Å². The molecule has 1 atom stereocenters. The van der Waals surface area contributed by atoms with Crippen molar-refractivity contribution in [2.75, 3.05) is 26.2 Å². The standard InChI is InChI=1S/C9H21N3O/c1-4-11-9(13)12(5-2)7-8(3)6-10/h8H,4-7,10H2,1-3H3,(H,11,13). The van der Waals surface area contributed by atoms with Gasteiger partial charge in [0, 0.05) is 19.6 Å². The van der Waals surface area contributed by atoms with E-state index in [9.17, 15) is 4.79 Å². The van der Waals surface area contributed by atoms with Gasteiger partial charge in [-0.05, 0) is 26.3 Å². The van der Waals surface area contributed by atoms with E-state index >= 15 is 0 Å². The molecule has 3 N–H and O–H groups in total. The van der Waals surface area contributed by atoms with E-state index in [-0.39, 0.29) is 6.03 Å². The molecule has 0 heterocycles. The summed E-state index contributed by atoms with van der Waals surface area (Å²) in [6, 6.07) is 0.00491. The van der Waals surface area contributed by atoms with Crippen molar-refractivity contribution in [2.45, 2.75) is 20.8 Å². The zero-order valence-electron chi connectivity index (χ0n) is 8.84. The highest BCUT2D eigenvalue weighted by Crippen LogP contribution is 1.98. The lowest BCUT2D eigenvalue weighted by molar-refractivity contribution is 0.193. The highest BCUT2D eigenvalue weighted by atomic mass is 16.2. The molecule has 0 aromatic heterocycles. The lowest BCUT2D eigenvalue weighted by Gasteiger charge is -2.23. The number of hydrogen-bond acceptors (Lipinski definition) is 2. The second-order valence-corrected chi connectivity index (χ2v) is 3.21. The van der Waals surface area contributed by atoms with Crippen LogP contribution in [0.3, 0.4) is 0 Å². The molecule has 1 unspecified atom stereocenters. The number of urea groups is 1. The number of hydrogen-bond donors (Lipinski definition) is 2. The Labute approximate surface area is 80.5 Å². The minimum absolute atomic E-state index is 0.00491. The molecule has 0 rings (SSSR count). The van der Waals surface area contributed by atoms with Crippen molar-refractivity contribution in [3.63, 3.8) is 0 Å². The van der Waals surface area contributed by atoms with Gasteiger partial charge in [-0.25, -0.2) is 4.79 Å². The van der Waals surface area contributed by atoms with Crippen LogP contribution in [-0.2, 0) is 0 Å². The molecule has 0 aliphatic carbocycles. The number of nitrogens with zero attached hydrogens (tertiary/aromatic N) is 1. The van der Waals surface area contributed by atoms with Crippen LogP contribution in [0.15, 0.2) is 0 Å². The monoisotopic (exact) mass is 187 g/mol. The van der Waals surface area contributed by atoms with Gasteiger partial charge < -0.3 is 16.0 Å². The second-order valence-electron chi connectivity index (χ2n) is 3.21.